The van der Waals surface area contributed by atoms with Crippen molar-refractivity contribution >= 4 is 35.6 Å². The Balaban J connectivity index is 0.00000320. The largest absolute Gasteiger partial charge is 0.393 e. The number of anilines is 1. The Morgan fingerprint density at radius 2 is 1.87 bits per heavy atom. The summed E-state index contributed by atoms with van der Waals surface area (Å²) in [7, 11) is 0. The summed E-state index contributed by atoms with van der Waals surface area (Å²) in [4.78, 5) is 6.44. The van der Waals surface area contributed by atoms with Crippen molar-refractivity contribution in [2.24, 2.45) is 4.99 Å². The van der Waals surface area contributed by atoms with Crippen LogP contribution < -0.4 is 15.5 Å². The molecule has 8 heteroatoms. The van der Waals surface area contributed by atoms with E-state index < -0.39 is 0 Å². The standard InChI is InChI=1S/C22H28F2N4O.HI/c1-2-25-22(26-14-16-4-3-5-18(23)12-16)27-15-17-6-7-21(20(24)13-17)28-10-8-19(29)9-11-28;/h3-7,12-13,19,29H,2,8-11,14-15H2,1H3,(H2,25,26,27);1H. The lowest BCUT2D eigenvalue weighted by molar-refractivity contribution is 0.145. The van der Waals surface area contributed by atoms with Crippen LogP contribution in [0.5, 0.6) is 0 Å². The maximum atomic E-state index is 14.6. The quantitative estimate of drug-likeness (QED) is 0.302. The first-order chi connectivity index (χ1) is 14.0. The van der Waals surface area contributed by atoms with E-state index in [4.69, 9.17) is 0 Å². The second kappa shape index (κ2) is 12.0. The van der Waals surface area contributed by atoms with E-state index in [1.807, 2.05) is 24.0 Å². The highest BCUT2D eigenvalue weighted by Crippen LogP contribution is 2.24. The Morgan fingerprint density at radius 3 is 2.53 bits per heavy atom. The van der Waals surface area contributed by atoms with Gasteiger partial charge in [0, 0.05) is 26.2 Å². The van der Waals surface area contributed by atoms with Crippen molar-refractivity contribution in [1.82, 2.24) is 10.6 Å². The van der Waals surface area contributed by atoms with Crippen molar-refractivity contribution in [1.29, 1.82) is 0 Å². The molecule has 0 spiro atoms. The van der Waals surface area contributed by atoms with Gasteiger partial charge in [-0.25, -0.2) is 13.8 Å². The van der Waals surface area contributed by atoms with Gasteiger partial charge in [0.25, 0.3) is 0 Å². The van der Waals surface area contributed by atoms with Crippen LogP contribution in [-0.2, 0) is 13.1 Å². The van der Waals surface area contributed by atoms with Gasteiger partial charge in [0.1, 0.15) is 11.6 Å². The van der Waals surface area contributed by atoms with Crippen molar-refractivity contribution < 1.29 is 13.9 Å². The summed E-state index contributed by atoms with van der Waals surface area (Å²) < 4.78 is 27.9. The van der Waals surface area contributed by atoms with Crippen LogP contribution in [-0.4, -0.2) is 36.8 Å². The first-order valence-corrected chi connectivity index (χ1v) is 10.0. The van der Waals surface area contributed by atoms with E-state index in [1.165, 1.54) is 18.2 Å². The third kappa shape index (κ3) is 7.09. The predicted octanol–water partition coefficient (Wildman–Crippen LogP) is 3.80. The van der Waals surface area contributed by atoms with Gasteiger partial charge in [-0.1, -0.05) is 18.2 Å². The van der Waals surface area contributed by atoms with Crippen molar-refractivity contribution in [3.8, 4) is 0 Å². The number of hydrogen-bond acceptors (Lipinski definition) is 3. The molecule has 3 N–H and O–H groups in total. The van der Waals surface area contributed by atoms with Gasteiger partial charge in [0.05, 0.1) is 18.3 Å². The normalized spacial score (nSPS) is 14.9. The highest BCUT2D eigenvalue weighted by Gasteiger charge is 2.19. The Labute approximate surface area is 193 Å². The summed E-state index contributed by atoms with van der Waals surface area (Å²) in [6, 6.07) is 11.6. The molecule has 164 valence electrons. The van der Waals surface area contributed by atoms with Gasteiger partial charge in [0.2, 0.25) is 0 Å². The molecule has 30 heavy (non-hydrogen) atoms. The fourth-order valence-electron chi connectivity index (χ4n) is 3.36. The summed E-state index contributed by atoms with van der Waals surface area (Å²) in [6.45, 7) is 4.73. The van der Waals surface area contributed by atoms with Crippen molar-refractivity contribution in [3.05, 3.63) is 65.2 Å². The smallest absolute Gasteiger partial charge is 0.191 e. The van der Waals surface area contributed by atoms with Gasteiger partial charge in [-0.15, -0.1) is 24.0 Å². The van der Waals surface area contributed by atoms with Crippen LogP contribution in [0.4, 0.5) is 14.5 Å². The number of aliphatic imine (C=N–C) groups is 1. The molecule has 0 amide bonds. The van der Waals surface area contributed by atoms with Crippen LogP contribution in [0.1, 0.15) is 30.9 Å². The summed E-state index contributed by atoms with van der Waals surface area (Å²) in [5, 5.41) is 15.9. The molecule has 0 saturated carbocycles. The Bertz CT molecular complexity index is 842. The number of aliphatic hydroxyl groups is 1. The second-order valence-electron chi connectivity index (χ2n) is 7.18. The molecule has 0 aromatic heterocycles. The van der Waals surface area contributed by atoms with Crippen LogP contribution >= 0.6 is 24.0 Å². The van der Waals surface area contributed by atoms with E-state index in [9.17, 15) is 13.9 Å². The van der Waals surface area contributed by atoms with Gasteiger partial charge >= 0.3 is 0 Å². The number of halogens is 3. The van der Waals surface area contributed by atoms with E-state index in [-0.39, 0.29) is 41.7 Å². The van der Waals surface area contributed by atoms with Gasteiger partial charge in [-0.05, 0) is 55.2 Å². The molecule has 3 rings (SSSR count). The number of aliphatic hydroxyl groups excluding tert-OH is 1. The topological polar surface area (TPSA) is 59.9 Å². The van der Waals surface area contributed by atoms with Gasteiger partial charge < -0.3 is 20.6 Å². The number of rotatable bonds is 6. The number of hydrogen-bond donors (Lipinski definition) is 3. The zero-order valence-electron chi connectivity index (χ0n) is 17.1. The Morgan fingerprint density at radius 1 is 1.10 bits per heavy atom. The van der Waals surface area contributed by atoms with Crippen LogP contribution in [0, 0.1) is 11.6 Å². The molecule has 0 radical (unpaired) electrons. The highest BCUT2D eigenvalue weighted by molar-refractivity contribution is 14.0. The predicted molar refractivity (Wildman–Crippen MR) is 127 cm³/mol. The van der Waals surface area contributed by atoms with E-state index in [0.29, 0.717) is 57.2 Å². The molecule has 5 nitrogen and oxygen atoms in total. The fraction of sp³-hybridized carbons (Fsp3) is 0.409. The minimum atomic E-state index is -0.283. The molecule has 1 aliphatic heterocycles. The average molecular weight is 530 g/mol. The summed E-state index contributed by atoms with van der Waals surface area (Å²) >= 11 is 0. The molecule has 1 aliphatic rings. The van der Waals surface area contributed by atoms with Gasteiger partial charge in [-0.2, -0.15) is 0 Å². The molecule has 1 heterocycles. The number of guanidine groups is 1. The van der Waals surface area contributed by atoms with Crippen molar-refractivity contribution in [2.75, 3.05) is 24.5 Å². The SMILES string of the molecule is CCNC(=NCc1cccc(F)c1)NCc1ccc(N2CCC(O)CC2)c(F)c1.I. The third-order valence-electron chi connectivity index (χ3n) is 4.93. The Hall–Kier alpha value is -1.94. The van der Waals surface area contributed by atoms with Crippen LogP contribution in [0.3, 0.4) is 0 Å². The lowest BCUT2D eigenvalue weighted by atomic mass is 10.1. The summed E-state index contributed by atoms with van der Waals surface area (Å²) in [5.41, 5.74) is 2.16. The molecule has 0 atom stereocenters. The maximum Gasteiger partial charge on any atom is 0.191 e. The Kier molecular flexibility index (Phi) is 9.77. The number of nitrogens with zero attached hydrogens (tertiary/aromatic N) is 2. The van der Waals surface area contributed by atoms with Crippen LogP contribution in [0.25, 0.3) is 0 Å². The minimum Gasteiger partial charge on any atom is -0.393 e. The summed E-state index contributed by atoms with van der Waals surface area (Å²) in [5.74, 6) is 0.0445. The maximum absolute atomic E-state index is 14.6. The number of piperidine rings is 1. The van der Waals surface area contributed by atoms with Crippen molar-refractivity contribution in [3.63, 3.8) is 0 Å². The number of benzene rings is 2. The zero-order chi connectivity index (χ0) is 20.6. The zero-order valence-corrected chi connectivity index (χ0v) is 19.4. The first-order valence-electron chi connectivity index (χ1n) is 10.0. The van der Waals surface area contributed by atoms with Crippen LogP contribution in [0.15, 0.2) is 47.5 Å². The molecule has 2 aromatic carbocycles. The molecule has 1 fully saturated rings. The monoisotopic (exact) mass is 530 g/mol. The van der Waals surface area contributed by atoms with E-state index >= 15 is 0 Å². The molecule has 0 bridgehead atoms. The minimum absolute atomic E-state index is 0. The molecule has 0 unspecified atom stereocenters. The lowest BCUT2D eigenvalue weighted by Crippen LogP contribution is -2.37. The molecular formula is C22H29F2IN4O. The van der Waals surface area contributed by atoms with E-state index in [2.05, 4.69) is 15.6 Å². The van der Waals surface area contributed by atoms with E-state index in [0.717, 1.165) is 11.1 Å². The highest BCUT2D eigenvalue weighted by atomic mass is 127. The van der Waals surface area contributed by atoms with E-state index in [1.54, 1.807) is 12.1 Å². The molecule has 1 saturated heterocycles. The third-order valence-corrected chi connectivity index (χ3v) is 4.93. The second-order valence-corrected chi connectivity index (χ2v) is 7.18. The fourth-order valence-corrected chi connectivity index (χ4v) is 3.36. The lowest BCUT2D eigenvalue weighted by Gasteiger charge is -2.31. The van der Waals surface area contributed by atoms with Crippen molar-refractivity contribution in [2.45, 2.75) is 39.0 Å². The first kappa shape index (κ1) is 24.3. The van der Waals surface area contributed by atoms with Gasteiger partial charge in [-0.3, -0.25) is 0 Å². The van der Waals surface area contributed by atoms with Crippen LogP contribution in [0.2, 0.25) is 0 Å². The number of nitrogens with one attached hydrogen (secondary N) is 2. The molecule has 0 aliphatic carbocycles. The summed E-state index contributed by atoms with van der Waals surface area (Å²) in [6.07, 6.45) is 1.04. The molecular weight excluding hydrogens is 501 g/mol. The van der Waals surface area contributed by atoms with Gasteiger partial charge in [0.15, 0.2) is 5.96 Å². The molecule has 2 aromatic rings. The average Bonchev–Trinajstić information content (AvgIpc) is 2.71.